The van der Waals surface area contributed by atoms with Gasteiger partial charge < -0.3 is 15.7 Å². The van der Waals surface area contributed by atoms with Crippen LogP contribution in [0.5, 0.6) is 0 Å². The smallest absolute Gasteiger partial charge is 0.336 e. The fourth-order valence-electron chi connectivity index (χ4n) is 2.83. The van der Waals surface area contributed by atoms with Crippen molar-refractivity contribution in [3.8, 4) is 0 Å². The van der Waals surface area contributed by atoms with Gasteiger partial charge in [0.1, 0.15) is 0 Å². The summed E-state index contributed by atoms with van der Waals surface area (Å²) in [6.45, 7) is 3.96. The zero-order valence-electron chi connectivity index (χ0n) is 16.0. The molecule has 3 N–H and O–H groups in total. The van der Waals surface area contributed by atoms with Crippen LogP contribution in [-0.4, -0.2) is 22.9 Å². The molecular formula is C23H20N2O4. The largest absolute Gasteiger partial charge is 0.478 e. The predicted molar refractivity (Wildman–Crippen MR) is 112 cm³/mol. The van der Waals surface area contributed by atoms with Gasteiger partial charge in [0.05, 0.1) is 11.1 Å². The van der Waals surface area contributed by atoms with Gasteiger partial charge in [0, 0.05) is 16.9 Å². The first kappa shape index (κ1) is 19.8. The number of hydrogen-bond acceptors (Lipinski definition) is 3. The van der Waals surface area contributed by atoms with Gasteiger partial charge in [-0.25, -0.2) is 4.79 Å². The van der Waals surface area contributed by atoms with Crippen molar-refractivity contribution in [2.24, 2.45) is 0 Å². The van der Waals surface area contributed by atoms with Crippen molar-refractivity contribution in [3.05, 3.63) is 94.5 Å². The Kier molecular flexibility index (Phi) is 5.74. The van der Waals surface area contributed by atoms with E-state index in [0.717, 1.165) is 11.1 Å². The fraction of sp³-hybridized carbons (Fsp3) is 0.0870. The molecule has 0 spiro atoms. The lowest BCUT2D eigenvalue weighted by atomic mass is 10.1. The highest BCUT2D eigenvalue weighted by Gasteiger charge is 2.16. The molecule has 0 aliphatic rings. The minimum atomic E-state index is -1.18. The number of aromatic carboxylic acids is 1. The van der Waals surface area contributed by atoms with E-state index < -0.39 is 11.9 Å². The third kappa shape index (κ3) is 4.68. The Morgan fingerprint density at radius 2 is 1.34 bits per heavy atom. The molecule has 29 heavy (non-hydrogen) atoms. The number of carboxylic acid groups (broad SMARTS) is 1. The van der Waals surface area contributed by atoms with Crippen molar-refractivity contribution in [1.82, 2.24) is 0 Å². The van der Waals surface area contributed by atoms with E-state index in [0.29, 0.717) is 16.9 Å². The second kappa shape index (κ2) is 8.39. The maximum atomic E-state index is 12.6. The standard InChI is InChI=1S/C23H20N2O4/c1-14-10-11-18(12-15(14)2)24-21(26)16-6-5-7-17(13-16)25-22(27)19-8-3-4-9-20(19)23(28)29/h3-13H,1-2H3,(H,24,26)(H,25,27)(H,28,29). The van der Waals surface area contributed by atoms with Crippen molar-refractivity contribution in [1.29, 1.82) is 0 Å². The summed E-state index contributed by atoms with van der Waals surface area (Å²) in [6.07, 6.45) is 0. The average Bonchev–Trinajstić information content (AvgIpc) is 2.71. The molecule has 0 aliphatic carbocycles. The number of anilines is 2. The van der Waals surface area contributed by atoms with E-state index in [1.807, 2.05) is 32.0 Å². The maximum Gasteiger partial charge on any atom is 0.336 e. The van der Waals surface area contributed by atoms with Gasteiger partial charge in [-0.1, -0.05) is 24.3 Å². The number of carbonyl (C=O) groups excluding carboxylic acids is 2. The van der Waals surface area contributed by atoms with E-state index in [1.54, 1.807) is 30.3 Å². The molecule has 0 radical (unpaired) electrons. The highest BCUT2D eigenvalue weighted by molar-refractivity contribution is 6.11. The molecule has 0 saturated carbocycles. The highest BCUT2D eigenvalue weighted by atomic mass is 16.4. The monoisotopic (exact) mass is 388 g/mol. The molecule has 3 rings (SSSR count). The Morgan fingerprint density at radius 3 is 2.03 bits per heavy atom. The summed E-state index contributed by atoms with van der Waals surface area (Å²) in [6, 6.07) is 18.1. The molecule has 6 heteroatoms. The summed E-state index contributed by atoms with van der Waals surface area (Å²) >= 11 is 0. The van der Waals surface area contributed by atoms with Crippen molar-refractivity contribution in [3.63, 3.8) is 0 Å². The first-order valence-corrected chi connectivity index (χ1v) is 8.97. The number of rotatable bonds is 5. The third-order valence-corrected chi connectivity index (χ3v) is 4.55. The normalized spacial score (nSPS) is 10.3. The summed E-state index contributed by atoms with van der Waals surface area (Å²) in [5, 5.41) is 14.7. The molecule has 6 nitrogen and oxygen atoms in total. The Labute approximate surface area is 168 Å². The number of carboxylic acids is 1. The topological polar surface area (TPSA) is 95.5 Å². The molecule has 3 aromatic carbocycles. The van der Waals surface area contributed by atoms with Gasteiger partial charge >= 0.3 is 5.97 Å². The Morgan fingerprint density at radius 1 is 0.690 bits per heavy atom. The zero-order valence-corrected chi connectivity index (χ0v) is 16.0. The molecule has 146 valence electrons. The van der Waals surface area contributed by atoms with E-state index in [-0.39, 0.29) is 17.0 Å². The summed E-state index contributed by atoms with van der Waals surface area (Å²) in [7, 11) is 0. The van der Waals surface area contributed by atoms with Gasteiger partial charge in [-0.05, 0) is 67.4 Å². The molecule has 0 heterocycles. The molecule has 0 atom stereocenters. The lowest BCUT2D eigenvalue weighted by Crippen LogP contribution is -2.17. The first-order chi connectivity index (χ1) is 13.8. The van der Waals surface area contributed by atoms with Crippen molar-refractivity contribution < 1.29 is 19.5 Å². The van der Waals surface area contributed by atoms with Crippen LogP contribution in [0.1, 0.15) is 42.2 Å². The predicted octanol–water partition coefficient (Wildman–Crippen LogP) is 4.51. The van der Waals surface area contributed by atoms with Crippen LogP contribution in [0.15, 0.2) is 66.7 Å². The van der Waals surface area contributed by atoms with Crippen LogP contribution in [0.25, 0.3) is 0 Å². The average molecular weight is 388 g/mol. The summed E-state index contributed by atoms with van der Waals surface area (Å²) in [4.78, 5) is 36.4. The number of benzene rings is 3. The SMILES string of the molecule is Cc1ccc(NC(=O)c2cccc(NC(=O)c3ccccc3C(=O)O)c2)cc1C. The van der Waals surface area contributed by atoms with Gasteiger partial charge in [-0.3, -0.25) is 9.59 Å². The minimum absolute atomic E-state index is 0.0463. The molecule has 0 aromatic heterocycles. The zero-order chi connectivity index (χ0) is 21.0. The molecule has 0 unspecified atom stereocenters. The van der Waals surface area contributed by atoms with Gasteiger partial charge in [0.15, 0.2) is 0 Å². The second-order valence-electron chi connectivity index (χ2n) is 6.64. The third-order valence-electron chi connectivity index (χ3n) is 4.55. The van der Waals surface area contributed by atoms with Crippen LogP contribution in [0, 0.1) is 13.8 Å². The number of carbonyl (C=O) groups is 3. The van der Waals surface area contributed by atoms with Crippen LogP contribution in [-0.2, 0) is 0 Å². The maximum absolute atomic E-state index is 12.6. The number of aryl methyl sites for hydroxylation is 2. The molecule has 0 bridgehead atoms. The van der Waals surface area contributed by atoms with Crippen molar-refractivity contribution in [2.75, 3.05) is 10.6 Å². The van der Waals surface area contributed by atoms with Crippen LogP contribution in [0.3, 0.4) is 0 Å². The molecule has 2 amide bonds. The van der Waals surface area contributed by atoms with E-state index in [1.165, 1.54) is 18.2 Å². The molecule has 0 fully saturated rings. The summed E-state index contributed by atoms with van der Waals surface area (Å²) < 4.78 is 0. The first-order valence-electron chi connectivity index (χ1n) is 8.97. The van der Waals surface area contributed by atoms with Gasteiger partial charge in [0.2, 0.25) is 0 Å². The lowest BCUT2D eigenvalue weighted by molar-refractivity contribution is 0.0692. The highest BCUT2D eigenvalue weighted by Crippen LogP contribution is 2.18. The van der Waals surface area contributed by atoms with E-state index in [9.17, 15) is 19.5 Å². The van der Waals surface area contributed by atoms with Crippen LogP contribution in [0.2, 0.25) is 0 Å². The number of nitrogens with one attached hydrogen (secondary N) is 2. The van der Waals surface area contributed by atoms with E-state index >= 15 is 0 Å². The minimum Gasteiger partial charge on any atom is -0.478 e. The molecule has 3 aromatic rings. The Balaban J connectivity index is 1.77. The number of amides is 2. The van der Waals surface area contributed by atoms with Crippen LogP contribution >= 0.6 is 0 Å². The molecule has 0 aliphatic heterocycles. The quantitative estimate of drug-likeness (QED) is 0.599. The lowest BCUT2D eigenvalue weighted by Gasteiger charge is -2.10. The Bertz CT molecular complexity index is 1110. The van der Waals surface area contributed by atoms with Crippen LogP contribution in [0.4, 0.5) is 11.4 Å². The fourth-order valence-corrected chi connectivity index (χ4v) is 2.83. The number of hydrogen-bond donors (Lipinski definition) is 3. The molecule has 0 saturated heterocycles. The summed E-state index contributed by atoms with van der Waals surface area (Å²) in [5.41, 5.74) is 3.60. The van der Waals surface area contributed by atoms with Gasteiger partial charge in [-0.2, -0.15) is 0 Å². The van der Waals surface area contributed by atoms with Gasteiger partial charge in [0.25, 0.3) is 11.8 Å². The van der Waals surface area contributed by atoms with Crippen molar-refractivity contribution >= 4 is 29.2 Å². The molecular weight excluding hydrogens is 368 g/mol. The Hall–Kier alpha value is -3.93. The van der Waals surface area contributed by atoms with Gasteiger partial charge in [-0.15, -0.1) is 0 Å². The van der Waals surface area contributed by atoms with Crippen LogP contribution < -0.4 is 10.6 Å². The van der Waals surface area contributed by atoms with Crippen molar-refractivity contribution in [2.45, 2.75) is 13.8 Å². The van der Waals surface area contributed by atoms with E-state index in [4.69, 9.17) is 0 Å². The van der Waals surface area contributed by atoms with E-state index in [2.05, 4.69) is 10.6 Å². The second-order valence-corrected chi connectivity index (χ2v) is 6.64. The summed E-state index contributed by atoms with van der Waals surface area (Å²) in [5.74, 6) is -2.05.